The number of esters is 1. The fourth-order valence-corrected chi connectivity index (χ4v) is 3.42. The molecule has 1 aliphatic rings. The molecule has 0 N–H and O–H groups in total. The van der Waals surface area contributed by atoms with Crippen molar-refractivity contribution in [1.82, 2.24) is 0 Å². The Balaban J connectivity index is 2.15. The molecule has 0 atom stereocenters. The highest BCUT2D eigenvalue weighted by molar-refractivity contribution is 9.10. The van der Waals surface area contributed by atoms with Gasteiger partial charge in [-0.3, -0.25) is 0 Å². The monoisotopic (exact) mass is 324 g/mol. The van der Waals surface area contributed by atoms with Crippen molar-refractivity contribution in [3.63, 3.8) is 0 Å². The van der Waals surface area contributed by atoms with E-state index in [-0.39, 0.29) is 11.6 Å². The standard InChI is InChI=1S/C16H21BrO2/c1-3-16(9-5-4-6-10-16)19-15(18)13-8-7-12(2)11-14(13)17/h7-8,11H,3-6,9-10H2,1-2H3. The van der Waals surface area contributed by atoms with Gasteiger partial charge in [-0.2, -0.15) is 0 Å². The molecule has 0 heterocycles. The summed E-state index contributed by atoms with van der Waals surface area (Å²) >= 11 is 3.45. The fraction of sp³-hybridized carbons (Fsp3) is 0.562. The van der Waals surface area contributed by atoms with Gasteiger partial charge in [0.05, 0.1) is 5.56 Å². The van der Waals surface area contributed by atoms with Crippen LogP contribution in [0.25, 0.3) is 0 Å². The van der Waals surface area contributed by atoms with Crippen LogP contribution in [0, 0.1) is 6.92 Å². The molecule has 0 bridgehead atoms. The third-order valence-electron chi connectivity index (χ3n) is 4.06. The normalized spacial score (nSPS) is 18.1. The van der Waals surface area contributed by atoms with Crippen LogP contribution >= 0.6 is 15.9 Å². The van der Waals surface area contributed by atoms with E-state index in [1.165, 1.54) is 6.42 Å². The van der Waals surface area contributed by atoms with Crippen LogP contribution < -0.4 is 0 Å². The molecule has 104 valence electrons. The van der Waals surface area contributed by atoms with E-state index in [0.29, 0.717) is 5.56 Å². The Morgan fingerprint density at radius 3 is 2.58 bits per heavy atom. The number of aryl methyl sites for hydroxylation is 1. The minimum Gasteiger partial charge on any atom is -0.455 e. The molecule has 1 aromatic rings. The van der Waals surface area contributed by atoms with Crippen LogP contribution in [-0.4, -0.2) is 11.6 Å². The first-order valence-corrected chi connectivity index (χ1v) is 7.85. The molecule has 0 unspecified atom stereocenters. The van der Waals surface area contributed by atoms with E-state index in [2.05, 4.69) is 22.9 Å². The first-order valence-electron chi connectivity index (χ1n) is 7.06. The molecule has 0 aliphatic heterocycles. The van der Waals surface area contributed by atoms with Crippen molar-refractivity contribution >= 4 is 21.9 Å². The fourth-order valence-electron chi connectivity index (χ4n) is 2.76. The summed E-state index contributed by atoms with van der Waals surface area (Å²) < 4.78 is 6.68. The highest BCUT2D eigenvalue weighted by atomic mass is 79.9. The molecule has 0 aromatic heterocycles. The van der Waals surface area contributed by atoms with Gasteiger partial charge in [-0.05, 0) is 72.7 Å². The predicted molar refractivity (Wildman–Crippen MR) is 80.4 cm³/mol. The molecular formula is C16H21BrO2. The molecule has 1 aliphatic carbocycles. The third kappa shape index (κ3) is 3.38. The second kappa shape index (κ2) is 6.08. The molecule has 0 saturated heterocycles. The summed E-state index contributed by atoms with van der Waals surface area (Å²) in [6.07, 6.45) is 6.49. The van der Waals surface area contributed by atoms with Crippen molar-refractivity contribution in [1.29, 1.82) is 0 Å². The molecule has 2 rings (SSSR count). The number of hydrogen-bond acceptors (Lipinski definition) is 2. The molecule has 0 spiro atoms. The first kappa shape index (κ1) is 14.6. The Bertz CT molecular complexity index is 462. The lowest BCUT2D eigenvalue weighted by Gasteiger charge is -2.36. The smallest absolute Gasteiger partial charge is 0.339 e. The maximum absolute atomic E-state index is 12.4. The second-order valence-corrected chi connectivity index (χ2v) is 6.32. The van der Waals surface area contributed by atoms with Crippen molar-refractivity contribution in [3.8, 4) is 0 Å². The van der Waals surface area contributed by atoms with Gasteiger partial charge in [-0.1, -0.05) is 19.4 Å². The Labute approximate surface area is 123 Å². The van der Waals surface area contributed by atoms with E-state index < -0.39 is 0 Å². The van der Waals surface area contributed by atoms with Crippen LogP contribution in [0.1, 0.15) is 61.4 Å². The molecule has 1 fully saturated rings. The van der Waals surface area contributed by atoms with Gasteiger partial charge >= 0.3 is 5.97 Å². The topological polar surface area (TPSA) is 26.3 Å². The Morgan fingerprint density at radius 2 is 2.00 bits per heavy atom. The summed E-state index contributed by atoms with van der Waals surface area (Å²) in [6.45, 7) is 4.12. The van der Waals surface area contributed by atoms with E-state index in [1.807, 2.05) is 25.1 Å². The molecule has 1 saturated carbocycles. The molecule has 0 radical (unpaired) electrons. The van der Waals surface area contributed by atoms with Gasteiger partial charge in [0.15, 0.2) is 0 Å². The number of benzene rings is 1. The van der Waals surface area contributed by atoms with Gasteiger partial charge in [0.25, 0.3) is 0 Å². The van der Waals surface area contributed by atoms with Gasteiger partial charge < -0.3 is 4.74 Å². The minimum atomic E-state index is -0.236. The lowest BCUT2D eigenvalue weighted by Crippen LogP contribution is -2.36. The van der Waals surface area contributed by atoms with Crippen LogP contribution in [0.5, 0.6) is 0 Å². The number of carbonyl (C=O) groups is 1. The average Bonchev–Trinajstić information content (AvgIpc) is 2.39. The molecule has 0 amide bonds. The number of rotatable bonds is 3. The number of ether oxygens (including phenoxy) is 1. The number of carbonyl (C=O) groups excluding carboxylic acids is 1. The van der Waals surface area contributed by atoms with Crippen molar-refractivity contribution in [3.05, 3.63) is 33.8 Å². The lowest BCUT2D eigenvalue weighted by atomic mass is 9.82. The maximum atomic E-state index is 12.4. The molecule has 19 heavy (non-hydrogen) atoms. The van der Waals surface area contributed by atoms with Gasteiger partial charge in [0, 0.05) is 4.47 Å². The summed E-state index contributed by atoms with van der Waals surface area (Å²) in [5, 5.41) is 0. The van der Waals surface area contributed by atoms with Gasteiger partial charge in [-0.25, -0.2) is 4.79 Å². The van der Waals surface area contributed by atoms with Crippen LogP contribution in [0.3, 0.4) is 0 Å². The number of hydrogen-bond donors (Lipinski definition) is 0. The van der Waals surface area contributed by atoms with Gasteiger partial charge in [0.1, 0.15) is 5.60 Å². The van der Waals surface area contributed by atoms with Crippen LogP contribution in [0.4, 0.5) is 0 Å². The summed E-state index contributed by atoms with van der Waals surface area (Å²) in [6, 6.07) is 5.74. The largest absolute Gasteiger partial charge is 0.455 e. The van der Waals surface area contributed by atoms with Crippen LogP contribution in [-0.2, 0) is 4.74 Å². The van der Waals surface area contributed by atoms with Crippen molar-refractivity contribution in [2.75, 3.05) is 0 Å². The number of halogens is 1. The minimum absolute atomic E-state index is 0.198. The van der Waals surface area contributed by atoms with E-state index in [1.54, 1.807) is 0 Å². The summed E-state index contributed by atoms with van der Waals surface area (Å²) in [7, 11) is 0. The molecule has 2 nitrogen and oxygen atoms in total. The highest BCUT2D eigenvalue weighted by Gasteiger charge is 2.34. The van der Waals surface area contributed by atoms with Crippen molar-refractivity contribution < 1.29 is 9.53 Å². The summed E-state index contributed by atoms with van der Waals surface area (Å²) in [4.78, 5) is 12.4. The summed E-state index contributed by atoms with van der Waals surface area (Å²) in [5.41, 5.74) is 1.52. The third-order valence-corrected chi connectivity index (χ3v) is 4.72. The quantitative estimate of drug-likeness (QED) is 0.729. The summed E-state index contributed by atoms with van der Waals surface area (Å²) in [5.74, 6) is -0.198. The van der Waals surface area contributed by atoms with Gasteiger partial charge in [-0.15, -0.1) is 0 Å². The van der Waals surface area contributed by atoms with Crippen LogP contribution in [0.15, 0.2) is 22.7 Å². The van der Waals surface area contributed by atoms with E-state index in [0.717, 1.165) is 42.1 Å². The van der Waals surface area contributed by atoms with Crippen LogP contribution in [0.2, 0.25) is 0 Å². The second-order valence-electron chi connectivity index (χ2n) is 5.47. The molecular weight excluding hydrogens is 304 g/mol. The Morgan fingerprint density at radius 1 is 1.32 bits per heavy atom. The zero-order chi connectivity index (χ0) is 13.9. The first-order chi connectivity index (χ1) is 9.06. The Kier molecular flexibility index (Phi) is 4.67. The zero-order valence-corrected chi connectivity index (χ0v) is 13.3. The van der Waals surface area contributed by atoms with E-state index >= 15 is 0 Å². The predicted octanol–water partition coefficient (Wildman–Crippen LogP) is 5.03. The van der Waals surface area contributed by atoms with Crippen molar-refractivity contribution in [2.24, 2.45) is 0 Å². The van der Waals surface area contributed by atoms with Crippen molar-refractivity contribution in [2.45, 2.75) is 58.0 Å². The SMILES string of the molecule is CCC1(OC(=O)c2ccc(C)cc2Br)CCCCC1. The molecule has 3 heteroatoms. The maximum Gasteiger partial charge on any atom is 0.339 e. The Hall–Kier alpha value is -0.830. The average molecular weight is 325 g/mol. The highest BCUT2D eigenvalue weighted by Crippen LogP contribution is 2.35. The van der Waals surface area contributed by atoms with E-state index in [9.17, 15) is 4.79 Å². The zero-order valence-electron chi connectivity index (χ0n) is 11.7. The van der Waals surface area contributed by atoms with Gasteiger partial charge in [0.2, 0.25) is 0 Å². The lowest BCUT2D eigenvalue weighted by molar-refractivity contribution is -0.0398. The van der Waals surface area contributed by atoms with E-state index in [4.69, 9.17) is 4.74 Å². The molecule has 1 aromatic carbocycles.